The fraction of sp³-hybridized carbons (Fsp3) is 0.200. The molecule has 0 radical (unpaired) electrons. The van der Waals surface area contributed by atoms with Gasteiger partial charge in [-0.3, -0.25) is 9.36 Å². The molecule has 0 amide bonds. The van der Waals surface area contributed by atoms with Gasteiger partial charge in [0, 0.05) is 5.70 Å². The molecule has 35 heavy (non-hydrogen) atoms. The Labute approximate surface area is 209 Å². The zero-order valence-electron chi connectivity index (χ0n) is 20.6. The second kappa shape index (κ2) is 9.16. The number of nitrogens with zero attached hydrogens (tertiary/aromatic N) is 2. The zero-order chi connectivity index (χ0) is 24.7. The van der Waals surface area contributed by atoms with Crippen molar-refractivity contribution in [1.29, 1.82) is 0 Å². The van der Waals surface area contributed by atoms with Crippen molar-refractivity contribution >= 4 is 17.4 Å². The van der Waals surface area contributed by atoms with E-state index >= 15 is 0 Å². The minimum absolute atomic E-state index is 0.0121. The molecule has 176 valence electrons. The summed E-state index contributed by atoms with van der Waals surface area (Å²) in [7, 11) is 1.69. The molecule has 0 aliphatic carbocycles. The fourth-order valence-corrected chi connectivity index (χ4v) is 5.86. The van der Waals surface area contributed by atoms with Gasteiger partial charge in [0.2, 0.25) is 0 Å². The van der Waals surface area contributed by atoms with Gasteiger partial charge in [-0.05, 0) is 84.9 Å². The second-order valence-corrected chi connectivity index (χ2v) is 9.99. The number of allylic oxidation sites excluding steroid dienone is 2. The van der Waals surface area contributed by atoms with E-state index in [4.69, 9.17) is 9.73 Å². The summed E-state index contributed by atoms with van der Waals surface area (Å²) < 4.78 is 8.09. The highest BCUT2D eigenvalue weighted by molar-refractivity contribution is 7.07. The van der Waals surface area contributed by atoms with Crippen LogP contribution in [0.1, 0.15) is 40.8 Å². The quantitative estimate of drug-likeness (QED) is 0.389. The third-order valence-corrected chi connectivity index (χ3v) is 7.71. The van der Waals surface area contributed by atoms with Crippen molar-refractivity contribution in [3.8, 4) is 16.9 Å². The van der Waals surface area contributed by atoms with E-state index in [-0.39, 0.29) is 11.6 Å². The Morgan fingerprint density at radius 3 is 2.31 bits per heavy atom. The van der Waals surface area contributed by atoms with E-state index in [2.05, 4.69) is 69.3 Å². The Hall–Kier alpha value is -3.70. The van der Waals surface area contributed by atoms with Crippen LogP contribution in [0, 0.1) is 20.8 Å². The van der Waals surface area contributed by atoms with Gasteiger partial charge in [0.15, 0.2) is 4.80 Å². The first-order chi connectivity index (χ1) is 16.9. The van der Waals surface area contributed by atoms with E-state index in [1.807, 2.05) is 35.8 Å². The molecule has 3 aromatic carbocycles. The van der Waals surface area contributed by atoms with Crippen molar-refractivity contribution < 1.29 is 4.74 Å². The van der Waals surface area contributed by atoms with E-state index in [0.717, 1.165) is 49.6 Å². The van der Waals surface area contributed by atoms with Crippen molar-refractivity contribution in [2.75, 3.05) is 7.11 Å². The van der Waals surface area contributed by atoms with Crippen molar-refractivity contribution in [1.82, 2.24) is 4.57 Å². The Morgan fingerprint density at radius 1 is 0.943 bits per heavy atom. The molecule has 1 unspecified atom stereocenters. The minimum Gasteiger partial charge on any atom is -0.496 e. The molecule has 0 N–H and O–H groups in total. The van der Waals surface area contributed by atoms with Gasteiger partial charge in [-0.25, -0.2) is 4.99 Å². The van der Waals surface area contributed by atoms with Gasteiger partial charge in [-0.15, -0.1) is 0 Å². The first kappa shape index (κ1) is 23.1. The summed E-state index contributed by atoms with van der Waals surface area (Å²) in [5, 5.41) is 0. The van der Waals surface area contributed by atoms with Crippen LogP contribution in [0.25, 0.3) is 17.2 Å². The molecule has 0 spiro atoms. The SMILES string of the molecule is COc1cc(C)c(C2C=C(C)N=c3s/c(=C\c4ccc(-c5ccccc5)cc4)c(=O)n32)c(C)c1C. The predicted octanol–water partition coefficient (Wildman–Crippen LogP) is 5.47. The maximum Gasteiger partial charge on any atom is 0.271 e. The fourth-order valence-electron chi connectivity index (χ4n) is 4.80. The van der Waals surface area contributed by atoms with E-state index in [1.54, 1.807) is 7.11 Å². The Bertz CT molecular complexity index is 1630. The number of methoxy groups -OCH3 is 1. The predicted molar refractivity (Wildman–Crippen MR) is 144 cm³/mol. The lowest BCUT2D eigenvalue weighted by Crippen LogP contribution is -2.36. The van der Waals surface area contributed by atoms with Crippen LogP contribution < -0.4 is 19.6 Å². The molecule has 0 bridgehead atoms. The van der Waals surface area contributed by atoms with Gasteiger partial charge >= 0.3 is 0 Å². The highest BCUT2D eigenvalue weighted by Crippen LogP contribution is 2.34. The van der Waals surface area contributed by atoms with Gasteiger partial charge in [-0.1, -0.05) is 65.9 Å². The molecular formula is C30H28N2O2S. The monoisotopic (exact) mass is 480 g/mol. The van der Waals surface area contributed by atoms with E-state index in [9.17, 15) is 4.79 Å². The molecule has 5 rings (SSSR count). The van der Waals surface area contributed by atoms with Crippen LogP contribution in [0.3, 0.4) is 0 Å². The van der Waals surface area contributed by atoms with Crippen molar-refractivity contribution in [3.63, 3.8) is 0 Å². The van der Waals surface area contributed by atoms with Crippen molar-refractivity contribution in [2.45, 2.75) is 33.7 Å². The number of rotatable bonds is 4. The van der Waals surface area contributed by atoms with Gasteiger partial charge in [0.25, 0.3) is 5.56 Å². The smallest absolute Gasteiger partial charge is 0.271 e. The lowest BCUT2D eigenvalue weighted by Gasteiger charge is -2.24. The standard InChI is InChI=1S/C30H28N2O2S/c1-18-15-26(34-5)20(3)21(4)28(18)25-16-19(2)31-30-32(25)29(33)27(35-30)17-22-11-13-24(14-12-22)23-9-7-6-8-10-23/h6-17,25H,1-5H3/b27-17-. The number of thiazole rings is 1. The van der Waals surface area contributed by atoms with Crippen LogP contribution in [-0.4, -0.2) is 11.7 Å². The molecule has 1 aromatic heterocycles. The average Bonchev–Trinajstić information content (AvgIpc) is 3.17. The van der Waals surface area contributed by atoms with Crippen LogP contribution in [0.4, 0.5) is 0 Å². The molecule has 5 heteroatoms. The van der Waals surface area contributed by atoms with E-state index in [0.29, 0.717) is 4.53 Å². The number of benzene rings is 3. The lowest BCUT2D eigenvalue weighted by molar-refractivity contribution is 0.410. The number of fused-ring (bicyclic) bond motifs is 1. The van der Waals surface area contributed by atoms with Crippen molar-refractivity contribution in [2.24, 2.45) is 4.99 Å². The molecule has 4 aromatic rings. The largest absolute Gasteiger partial charge is 0.496 e. The summed E-state index contributed by atoms with van der Waals surface area (Å²) in [6.07, 6.45) is 4.05. The average molecular weight is 481 g/mol. The normalized spacial score (nSPS) is 15.4. The van der Waals surface area contributed by atoms with Gasteiger partial charge in [-0.2, -0.15) is 0 Å². The third kappa shape index (κ3) is 4.17. The van der Waals surface area contributed by atoms with Crippen LogP contribution >= 0.6 is 11.3 Å². The van der Waals surface area contributed by atoms with Crippen LogP contribution in [0.2, 0.25) is 0 Å². The summed E-state index contributed by atoms with van der Waals surface area (Å²) >= 11 is 1.45. The van der Waals surface area contributed by atoms with Crippen LogP contribution in [0.15, 0.2) is 82.2 Å². The van der Waals surface area contributed by atoms with Crippen LogP contribution in [-0.2, 0) is 0 Å². The first-order valence-corrected chi connectivity index (χ1v) is 12.5. The van der Waals surface area contributed by atoms with Gasteiger partial charge in [0.1, 0.15) is 5.75 Å². The minimum atomic E-state index is -0.196. The van der Waals surface area contributed by atoms with E-state index < -0.39 is 0 Å². The highest BCUT2D eigenvalue weighted by Gasteiger charge is 2.25. The molecule has 0 saturated heterocycles. The molecule has 0 fully saturated rings. The lowest BCUT2D eigenvalue weighted by atomic mass is 9.91. The molecule has 4 nitrogen and oxygen atoms in total. The molecule has 2 heterocycles. The molecule has 1 atom stereocenters. The molecular weight excluding hydrogens is 452 g/mol. The second-order valence-electron chi connectivity index (χ2n) is 8.98. The Morgan fingerprint density at radius 2 is 1.63 bits per heavy atom. The Kier molecular flexibility index (Phi) is 6.03. The zero-order valence-corrected chi connectivity index (χ0v) is 21.4. The van der Waals surface area contributed by atoms with E-state index in [1.165, 1.54) is 16.9 Å². The summed E-state index contributed by atoms with van der Waals surface area (Å²) in [6.45, 7) is 8.25. The number of aromatic nitrogens is 1. The number of ether oxygens (including phenoxy) is 1. The highest BCUT2D eigenvalue weighted by atomic mass is 32.1. The summed E-state index contributed by atoms with van der Waals surface area (Å²) in [4.78, 5) is 19.1. The third-order valence-electron chi connectivity index (χ3n) is 6.73. The number of hydrogen-bond donors (Lipinski definition) is 0. The van der Waals surface area contributed by atoms with Crippen LogP contribution in [0.5, 0.6) is 5.75 Å². The summed E-state index contributed by atoms with van der Waals surface area (Å²) in [5.41, 5.74) is 8.71. The number of hydrogen-bond acceptors (Lipinski definition) is 4. The Balaban J connectivity index is 1.61. The maximum absolute atomic E-state index is 13.7. The first-order valence-electron chi connectivity index (χ1n) is 11.7. The molecule has 1 aliphatic rings. The topological polar surface area (TPSA) is 43.6 Å². The van der Waals surface area contributed by atoms with Gasteiger partial charge in [0.05, 0.1) is 17.7 Å². The molecule has 0 saturated carbocycles. The number of aryl methyl sites for hydroxylation is 1. The van der Waals surface area contributed by atoms with Gasteiger partial charge < -0.3 is 4.74 Å². The maximum atomic E-state index is 13.7. The van der Waals surface area contributed by atoms with Crippen molar-refractivity contribution in [3.05, 3.63) is 120 Å². The summed E-state index contributed by atoms with van der Waals surface area (Å²) in [6, 6.07) is 20.5. The summed E-state index contributed by atoms with van der Waals surface area (Å²) in [5.74, 6) is 0.871. The molecule has 1 aliphatic heterocycles.